The molecule has 0 saturated carbocycles. The van der Waals surface area contributed by atoms with Crippen molar-refractivity contribution in [2.24, 2.45) is 5.92 Å². The molecule has 7 heteroatoms. The van der Waals surface area contributed by atoms with Crippen molar-refractivity contribution >= 4 is 11.8 Å². The largest absolute Gasteiger partial charge is 1.00 e. The van der Waals surface area contributed by atoms with E-state index in [-0.39, 0.29) is 55.2 Å². The van der Waals surface area contributed by atoms with Crippen molar-refractivity contribution < 1.29 is 58.5 Å². The summed E-state index contributed by atoms with van der Waals surface area (Å²) in [6.07, 6.45) is 1.08. The van der Waals surface area contributed by atoms with Gasteiger partial charge in [0.1, 0.15) is 0 Å². The second-order valence-electron chi connectivity index (χ2n) is 5.17. The van der Waals surface area contributed by atoms with Crippen LogP contribution >= 0.6 is 0 Å². The molecule has 0 radical (unpaired) electrons. The molecule has 2 aliphatic rings. The predicted molar refractivity (Wildman–Crippen MR) is 73.1 cm³/mol. The molecule has 0 saturated heterocycles. The quantitative estimate of drug-likeness (QED) is 0.467. The zero-order chi connectivity index (χ0) is 15.7. The Bertz CT molecular complexity index is 654. The van der Waals surface area contributed by atoms with Crippen LogP contribution < -0.4 is 44.1 Å². The summed E-state index contributed by atoms with van der Waals surface area (Å²) < 4.78 is 15.5. The number of hydrogen-bond donors (Lipinski definition) is 0. The number of carbonyl (C=O) groups is 2. The van der Waals surface area contributed by atoms with Crippen LogP contribution in [-0.2, 0) is 14.3 Å². The van der Waals surface area contributed by atoms with Crippen LogP contribution in [0.15, 0.2) is 30.0 Å². The number of carbonyl (C=O) groups excluding carboxylic acids is 2. The van der Waals surface area contributed by atoms with E-state index in [1.807, 2.05) is 0 Å². The minimum atomic E-state index is -0.988. The van der Waals surface area contributed by atoms with Crippen LogP contribution in [0.2, 0.25) is 0 Å². The third-order valence-corrected chi connectivity index (χ3v) is 3.80. The molecule has 3 rings (SSSR count). The molecule has 2 atom stereocenters. The Morgan fingerprint density at radius 2 is 2.09 bits per heavy atom. The van der Waals surface area contributed by atoms with Crippen LogP contribution in [0, 0.1) is 5.92 Å². The zero-order valence-electron chi connectivity index (χ0n) is 13.0. The summed E-state index contributed by atoms with van der Waals surface area (Å²) in [5, 5.41) is 12.1. The van der Waals surface area contributed by atoms with Crippen LogP contribution in [0.5, 0.6) is 11.5 Å². The fraction of sp³-hybridized carbons (Fsp3) is 0.375. The van der Waals surface area contributed by atoms with Gasteiger partial charge in [-0.05, 0) is 30.7 Å². The Labute approximate surface area is 155 Å². The monoisotopic (exact) mass is 326 g/mol. The number of benzene rings is 1. The van der Waals surface area contributed by atoms with Crippen LogP contribution in [0.25, 0.3) is 0 Å². The first-order chi connectivity index (χ1) is 10.6. The Morgan fingerprint density at radius 3 is 2.83 bits per heavy atom. The maximum atomic E-state index is 12.1. The average Bonchev–Trinajstić information content (AvgIpc) is 2.93. The SMILES string of the molecule is CCOC(=O)C1C([O-])=CC(=O)CC1c1ccc2c(c1)OCO2.[Na+]. The average molecular weight is 326 g/mol. The van der Waals surface area contributed by atoms with Gasteiger partial charge in [-0.15, -0.1) is 5.76 Å². The summed E-state index contributed by atoms with van der Waals surface area (Å²) in [4.78, 5) is 23.8. The van der Waals surface area contributed by atoms with E-state index in [2.05, 4.69) is 0 Å². The minimum absolute atomic E-state index is 0. The number of hydrogen-bond acceptors (Lipinski definition) is 6. The van der Waals surface area contributed by atoms with Crippen LogP contribution in [0.1, 0.15) is 24.8 Å². The topological polar surface area (TPSA) is 84.9 Å². The first kappa shape index (κ1) is 17.8. The second kappa shape index (κ2) is 7.38. The predicted octanol–water partition coefficient (Wildman–Crippen LogP) is -2.10. The Hall–Kier alpha value is -1.50. The van der Waals surface area contributed by atoms with Crippen molar-refractivity contribution in [3.8, 4) is 11.5 Å². The molecule has 1 aromatic rings. The maximum absolute atomic E-state index is 12.1. The fourth-order valence-corrected chi connectivity index (χ4v) is 2.81. The number of ether oxygens (including phenoxy) is 3. The van der Waals surface area contributed by atoms with E-state index < -0.39 is 23.6 Å². The van der Waals surface area contributed by atoms with Gasteiger partial charge in [0.15, 0.2) is 17.3 Å². The Balaban J connectivity index is 0.00000192. The molecule has 116 valence electrons. The number of rotatable bonds is 3. The normalized spacial score (nSPS) is 22.1. The first-order valence-corrected chi connectivity index (χ1v) is 7.07. The van der Waals surface area contributed by atoms with Gasteiger partial charge in [-0.2, -0.15) is 0 Å². The Morgan fingerprint density at radius 1 is 1.35 bits per heavy atom. The van der Waals surface area contributed by atoms with E-state index in [1.54, 1.807) is 25.1 Å². The molecule has 1 aliphatic carbocycles. The summed E-state index contributed by atoms with van der Waals surface area (Å²) >= 11 is 0. The molecule has 0 fully saturated rings. The summed E-state index contributed by atoms with van der Waals surface area (Å²) in [5.41, 5.74) is 0.692. The van der Waals surface area contributed by atoms with E-state index in [0.29, 0.717) is 17.1 Å². The van der Waals surface area contributed by atoms with E-state index in [4.69, 9.17) is 14.2 Å². The van der Waals surface area contributed by atoms with Gasteiger partial charge < -0.3 is 19.3 Å². The maximum Gasteiger partial charge on any atom is 1.00 e. The summed E-state index contributed by atoms with van der Waals surface area (Å²) in [7, 11) is 0. The van der Waals surface area contributed by atoms with Gasteiger partial charge >= 0.3 is 35.5 Å². The fourth-order valence-electron chi connectivity index (χ4n) is 2.81. The van der Waals surface area contributed by atoms with Gasteiger partial charge in [-0.25, -0.2) is 0 Å². The van der Waals surface area contributed by atoms with Gasteiger partial charge in [0, 0.05) is 12.3 Å². The number of esters is 1. The van der Waals surface area contributed by atoms with E-state index in [1.165, 1.54) is 0 Å². The van der Waals surface area contributed by atoms with Crippen molar-refractivity contribution in [1.82, 2.24) is 0 Å². The van der Waals surface area contributed by atoms with E-state index in [9.17, 15) is 14.7 Å². The van der Waals surface area contributed by atoms with E-state index in [0.717, 1.165) is 6.08 Å². The zero-order valence-corrected chi connectivity index (χ0v) is 15.0. The molecule has 6 nitrogen and oxygen atoms in total. The molecular formula is C16H15NaO6. The van der Waals surface area contributed by atoms with Crippen LogP contribution in [0.4, 0.5) is 0 Å². The standard InChI is InChI=1S/C16H16O6.Na/c1-2-20-16(19)15-11(6-10(17)7-12(15)18)9-3-4-13-14(5-9)22-8-21-13;/h3-5,7,11,15,18H,2,6,8H2,1H3;/q;+1/p-1. The molecule has 1 heterocycles. The third kappa shape index (κ3) is 3.54. The van der Waals surface area contributed by atoms with Crippen molar-refractivity contribution in [3.63, 3.8) is 0 Å². The second-order valence-corrected chi connectivity index (χ2v) is 5.17. The van der Waals surface area contributed by atoms with Gasteiger partial charge in [0.05, 0.1) is 12.5 Å². The number of allylic oxidation sites excluding steroid dienone is 1. The van der Waals surface area contributed by atoms with Crippen molar-refractivity contribution in [3.05, 3.63) is 35.6 Å². The molecule has 0 bridgehead atoms. The number of fused-ring (bicyclic) bond motifs is 1. The van der Waals surface area contributed by atoms with Crippen molar-refractivity contribution in [2.45, 2.75) is 19.3 Å². The summed E-state index contributed by atoms with van der Waals surface area (Å²) in [6, 6.07) is 5.18. The molecule has 23 heavy (non-hydrogen) atoms. The smallest absolute Gasteiger partial charge is 0.875 e. The van der Waals surface area contributed by atoms with Gasteiger partial charge in [0.25, 0.3) is 0 Å². The molecule has 0 aromatic heterocycles. The van der Waals surface area contributed by atoms with E-state index >= 15 is 0 Å². The van der Waals surface area contributed by atoms with Crippen LogP contribution in [-0.4, -0.2) is 25.2 Å². The first-order valence-electron chi connectivity index (χ1n) is 7.07. The Kier molecular flexibility index (Phi) is 5.73. The van der Waals surface area contributed by atoms with Gasteiger partial charge in [-0.3, -0.25) is 9.59 Å². The van der Waals surface area contributed by atoms with Gasteiger partial charge in [-0.1, -0.05) is 6.07 Å². The molecule has 0 spiro atoms. The molecule has 1 aromatic carbocycles. The summed E-state index contributed by atoms with van der Waals surface area (Å²) in [6.45, 7) is 2.00. The molecule has 1 aliphatic heterocycles. The van der Waals surface area contributed by atoms with Gasteiger partial charge in [0.2, 0.25) is 6.79 Å². The molecule has 0 N–H and O–H groups in total. The van der Waals surface area contributed by atoms with Crippen molar-refractivity contribution in [2.75, 3.05) is 13.4 Å². The minimum Gasteiger partial charge on any atom is -0.875 e. The summed E-state index contributed by atoms with van der Waals surface area (Å²) in [5.74, 6) is -1.76. The molecule has 2 unspecified atom stereocenters. The third-order valence-electron chi connectivity index (χ3n) is 3.80. The molecular weight excluding hydrogens is 311 g/mol. The molecule has 0 amide bonds. The van der Waals surface area contributed by atoms with Crippen LogP contribution in [0.3, 0.4) is 0 Å². The van der Waals surface area contributed by atoms with Crippen molar-refractivity contribution in [1.29, 1.82) is 0 Å². The number of ketones is 1.